The van der Waals surface area contributed by atoms with Crippen molar-refractivity contribution in [2.24, 2.45) is 0 Å². The average Bonchev–Trinajstić information content (AvgIpc) is 2.52. The van der Waals surface area contributed by atoms with E-state index in [9.17, 15) is 22.6 Å². The SMILES string of the molecule is CC(C)Nc1cc(S(=O)(=O)O)c(N)c2c1C(=O)c1ccccc1C2=O.[H-].[Na+]. The Bertz CT molecular complexity index is 1040. The van der Waals surface area contributed by atoms with Gasteiger partial charge in [0.15, 0.2) is 11.6 Å². The van der Waals surface area contributed by atoms with Crippen molar-refractivity contribution in [1.29, 1.82) is 0 Å². The fourth-order valence-electron chi connectivity index (χ4n) is 2.93. The number of nitrogens with one attached hydrogen (secondary N) is 1. The molecular weight excluding hydrogens is 367 g/mol. The van der Waals surface area contributed by atoms with Crippen molar-refractivity contribution in [3.05, 3.63) is 52.6 Å². The number of fused-ring (bicyclic) bond motifs is 2. The summed E-state index contributed by atoms with van der Waals surface area (Å²) in [7, 11) is -4.67. The number of hydrogen-bond acceptors (Lipinski definition) is 6. The maximum Gasteiger partial charge on any atom is 1.00 e. The molecule has 1 aliphatic rings. The Morgan fingerprint density at radius 3 is 2.04 bits per heavy atom. The Hall–Kier alpha value is -1.71. The summed E-state index contributed by atoms with van der Waals surface area (Å²) in [4.78, 5) is 25.2. The number of anilines is 2. The van der Waals surface area contributed by atoms with Gasteiger partial charge in [0.1, 0.15) is 4.90 Å². The zero-order valence-electron chi connectivity index (χ0n) is 15.5. The molecule has 0 radical (unpaired) electrons. The fraction of sp³-hybridized carbons (Fsp3) is 0.176. The summed E-state index contributed by atoms with van der Waals surface area (Å²) in [6, 6.07) is 7.19. The first-order valence-corrected chi connectivity index (χ1v) is 8.96. The van der Waals surface area contributed by atoms with Crippen LogP contribution in [0.25, 0.3) is 0 Å². The van der Waals surface area contributed by atoms with Gasteiger partial charge in [0.2, 0.25) is 0 Å². The molecule has 3 rings (SSSR count). The van der Waals surface area contributed by atoms with Gasteiger partial charge in [-0.3, -0.25) is 14.1 Å². The molecule has 0 bridgehead atoms. The Morgan fingerprint density at radius 2 is 1.58 bits per heavy atom. The molecule has 0 aliphatic heterocycles. The van der Waals surface area contributed by atoms with Gasteiger partial charge < -0.3 is 12.5 Å². The van der Waals surface area contributed by atoms with Crippen molar-refractivity contribution >= 4 is 33.1 Å². The summed E-state index contributed by atoms with van der Waals surface area (Å²) in [5, 5.41) is 2.95. The molecule has 0 unspecified atom stereocenters. The number of carbonyl (C=O) groups is 2. The molecular formula is C17H17N2NaO5S. The molecule has 0 spiro atoms. The average molecular weight is 384 g/mol. The molecule has 0 heterocycles. The van der Waals surface area contributed by atoms with Gasteiger partial charge >= 0.3 is 29.6 Å². The van der Waals surface area contributed by atoms with Gasteiger partial charge in [-0.05, 0) is 19.9 Å². The third kappa shape index (κ3) is 3.30. The number of nitrogens with two attached hydrogens (primary N) is 1. The largest absolute Gasteiger partial charge is 1.00 e. The zero-order chi connectivity index (χ0) is 18.5. The van der Waals surface area contributed by atoms with Crippen molar-refractivity contribution in [3.8, 4) is 0 Å². The monoisotopic (exact) mass is 384 g/mol. The summed E-state index contributed by atoms with van der Waals surface area (Å²) in [6.45, 7) is 3.58. The number of ketones is 2. The van der Waals surface area contributed by atoms with Gasteiger partial charge in [0, 0.05) is 22.9 Å². The second kappa shape index (κ2) is 7.13. The van der Waals surface area contributed by atoms with E-state index in [1.807, 2.05) is 0 Å². The molecule has 2 aromatic rings. The van der Waals surface area contributed by atoms with Crippen LogP contribution in [-0.2, 0) is 10.1 Å². The van der Waals surface area contributed by atoms with Crippen molar-refractivity contribution in [1.82, 2.24) is 0 Å². The van der Waals surface area contributed by atoms with Crippen LogP contribution in [-0.4, -0.2) is 30.6 Å². The molecule has 9 heteroatoms. The number of rotatable bonds is 3. The van der Waals surface area contributed by atoms with Crippen molar-refractivity contribution in [2.45, 2.75) is 24.8 Å². The summed E-state index contributed by atoms with van der Waals surface area (Å²) in [5.41, 5.74) is 5.75. The second-order valence-corrected chi connectivity index (χ2v) is 7.45. The standard InChI is InChI=1S/C17H16N2O5S.Na.H/c1-8(2)19-11-7-12(25(22,23)24)15(18)14-13(11)16(20)9-5-3-4-6-10(9)17(14)21;;/h3-8,19H,18H2,1-2H3,(H,22,23,24);;/q;+1;-1. The van der Waals surface area contributed by atoms with E-state index in [2.05, 4.69) is 5.32 Å². The van der Waals surface area contributed by atoms with Crippen LogP contribution in [0.2, 0.25) is 0 Å². The molecule has 0 aromatic heterocycles. The van der Waals surface area contributed by atoms with Crippen LogP contribution in [0, 0.1) is 0 Å². The first-order chi connectivity index (χ1) is 11.6. The van der Waals surface area contributed by atoms with E-state index >= 15 is 0 Å². The molecule has 0 amide bonds. The van der Waals surface area contributed by atoms with Crippen LogP contribution in [0.3, 0.4) is 0 Å². The van der Waals surface area contributed by atoms with Crippen molar-refractivity contribution < 1.29 is 53.5 Å². The predicted molar refractivity (Wildman–Crippen MR) is 93.8 cm³/mol. The van der Waals surface area contributed by atoms with Crippen LogP contribution in [0.5, 0.6) is 0 Å². The zero-order valence-corrected chi connectivity index (χ0v) is 17.3. The molecule has 0 saturated carbocycles. The number of hydrogen-bond donors (Lipinski definition) is 3. The van der Waals surface area contributed by atoms with E-state index in [1.165, 1.54) is 12.1 Å². The van der Waals surface area contributed by atoms with Gasteiger partial charge in [0.25, 0.3) is 10.1 Å². The maximum atomic E-state index is 12.9. The van der Waals surface area contributed by atoms with Gasteiger partial charge in [0.05, 0.1) is 16.8 Å². The number of benzene rings is 2. The summed E-state index contributed by atoms with van der Waals surface area (Å²) >= 11 is 0. The third-order valence-electron chi connectivity index (χ3n) is 3.92. The summed E-state index contributed by atoms with van der Waals surface area (Å²) in [6.07, 6.45) is 0. The van der Waals surface area contributed by atoms with Crippen LogP contribution >= 0.6 is 0 Å². The van der Waals surface area contributed by atoms with Crippen LogP contribution in [0.4, 0.5) is 11.4 Å². The van der Waals surface area contributed by atoms with Crippen LogP contribution in [0.15, 0.2) is 35.2 Å². The topological polar surface area (TPSA) is 127 Å². The van der Waals surface area contributed by atoms with Gasteiger partial charge in [-0.25, -0.2) is 0 Å². The Kier molecular flexibility index (Phi) is 5.65. The minimum absolute atomic E-state index is 0. The molecule has 0 atom stereocenters. The number of nitrogen functional groups attached to an aromatic ring is 1. The van der Waals surface area contributed by atoms with E-state index in [0.29, 0.717) is 0 Å². The minimum Gasteiger partial charge on any atom is -1.00 e. The van der Waals surface area contributed by atoms with Crippen LogP contribution in [0.1, 0.15) is 47.1 Å². The number of carbonyl (C=O) groups excluding carboxylic acids is 2. The first kappa shape index (κ1) is 20.6. The molecule has 132 valence electrons. The van der Waals surface area contributed by atoms with E-state index in [0.717, 1.165) is 6.07 Å². The Labute approximate surface area is 174 Å². The minimum atomic E-state index is -4.67. The second-order valence-electron chi connectivity index (χ2n) is 6.06. The van der Waals surface area contributed by atoms with E-state index in [1.54, 1.807) is 26.0 Å². The van der Waals surface area contributed by atoms with Crippen molar-refractivity contribution in [3.63, 3.8) is 0 Å². The summed E-state index contributed by atoms with van der Waals surface area (Å²) in [5.74, 6) is -0.984. The molecule has 2 aromatic carbocycles. The smallest absolute Gasteiger partial charge is 1.00 e. The Morgan fingerprint density at radius 1 is 1.08 bits per heavy atom. The molecule has 7 nitrogen and oxygen atoms in total. The fourth-order valence-corrected chi connectivity index (χ4v) is 3.58. The normalized spacial score (nSPS) is 13.1. The quantitative estimate of drug-likeness (QED) is 0.307. The predicted octanol–water partition coefficient (Wildman–Crippen LogP) is -0.772. The van der Waals surface area contributed by atoms with E-state index < -0.39 is 32.3 Å². The summed E-state index contributed by atoms with van der Waals surface area (Å²) < 4.78 is 32.8. The molecule has 0 saturated heterocycles. The third-order valence-corrected chi connectivity index (χ3v) is 4.82. The molecule has 1 aliphatic carbocycles. The maximum absolute atomic E-state index is 12.9. The first-order valence-electron chi connectivity index (χ1n) is 7.52. The van der Waals surface area contributed by atoms with Crippen molar-refractivity contribution in [2.75, 3.05) is 11.1 Å². The van der Waals surface area contributed by atoms with Gasteiger partial charge in [-0.2, -0.15) is 8.42 Å². The van der Waals surface area contributed by atoms with E-state index in [-0.39, 0.29) is 65.0 Å². The molecule has 26 heavy (non-hydrogen) atoms. The van der Waals surface area contributed by atoms with E-state index in [4.69, 9.17) is 5.73 Å². The molecule has 4 N–H and O–H groups in total. The van der Waals surface area contributed by atoms with Gasteiger partial charge in [-0.1, -0.05) is 24.3 Å². The molecule has 0 fully saturated rings. The van der Waals surface area contributed by atoms with Gasteiger partial charge in [-0.15, -0.1) is 0 Å². The Balaban J connectivity index is 0.00000182. The van der Waals surface area contributed by atoms with Crippen LogP contribution < -0.4 is 40.6 Å².